The zero-order chi connectivity index (χ0) is 15.8. The Bertz CT molecular complexity index is 547. The van der Waals surface area contributed by atoms with Crippen LogP contribution >= 0.6 is 33.3 Å². The third-order valence-electron chi connectivity index (χ3n) is 1.97. The lowest BCUT2D eigenvalue weighted by molar-refractivity contribution is -0.138. The zero-order valence-electron chi connectivity index (χ0n) is 11.2. The van der Waals surface area contributed by atoms with Gasteiger partial charge in [-0.25, -0.2) is 9.59 Å². The largest absolute Gasteiger partial charge is 0.462 e. The molecule has 21 heavy (non-hydrogen) atoms. The molecule has 0 atom stereocenters. The molecule has 0 N–H and O–H groups in total. The highest BCUT2D eigenvalue weighted by Gasteiger charge is 2.29. The SMILES string of the molecule is CCOC(=O)/C(C#N)=C1\SS/C(=C(\C#N)C(=O)OCC)S1. The van der Waals surface area contributed by atoms with Crippen molar-refractivity contribution in [2.45, 2.75) is 13.8 Å². The van der Waals surface area contributed by atoms with Crippen LogP contribution in [-0.2, 0) is 19.1 Å². The van der Waals surface area contributed by atoms with Gasteiger partial charge >= 0.3 is 11.9 Å². The molecule has 0 spiro atoms. The number of thioether (sulfide) groups is 1. The van der Waals surface area contributed by atoms with Crippen molar-refractivity contribution in [1.29, 1.82) is 10.5 Å². The highest BCUT2D eigenvalue weighted by Crippen LogP contribution is 2.59. The Morgan fingerprint density at radius 2 is 1.33 bits per heavy atom. The molecule has 0 saturated carbocycles. The third kappa shape index (κ3) is 4.46. The maximum Gasteiger partial charge on any atom is 0.350 e. The summed E-state index contributed by atoms with van der Waals surface area (Å²) in [6.07, 6.45) is 0. The Balaban J connectivity index is 3.07. The van der Waals surface area contributed by atoms with Gasteiger partial charge in [-0.3, -0.25) is 0 Å². The molecule has 0 aromatic carbocycles. The van der Waals surface area contributed by atoms with E-state index in [1.807, 2.05) is 0 Å². The number of carbonyl (C=O) groups excluding carboxylic acids is 2. The van der Waals surface area contributed by atoms with Crippen LogP contribution in [0.4, 0.5) is 0 Å². The summed E-state index contributed by atoms with van der Waals surface area (Å²) in [5, 5.41) is 18.1. The lowest BCUT2D eigenvalue weighted by Gasteiger charge is -2.02. The summed E-state index contributed by atoms with van der Waals surface area (Å²) in [6, 6.07) is 3.58. The number of carbonyl (C=O) groups is 2. The van der Waals surface area contributed by atoms with E-state index in [0.29, 0.717) is 8.47 Å². The summed E-state index contributed by atoms with van der Waals surface area (Å²) in [5.74, 6) is -1.43. The van der Waals surface area contributed by atoms with E-state index in [4.69, 9.17) is 20.0 Å². The number of nitriles is 2. The van der Waals surface area contributed by atoms with Crippen LogP contribution in [0, 0.1) is 22.7 Å². The van der Waals surface area contributed by atoms with Crippen molar-refractivity contribution in [2.24, 2.45) is 0 Å². The number of hydrogen-bond acceptors (Lipinski definition) is 9. The second kappa shape index (κ2) is 8.67. The van der Waals surface area contributed by atoms with Crippen LogP contribution in [0.15, 0.2) is 19.6 Å². The molecule has 1 rings (SSSR count). The van der Waals surface area contributed by atoms with Gasteiger partial charge in [-0.1, -0.05) is 11.8 Å². The first-order chi connectivity index (χ1) is 10.1. The second-order valence-corrected chi connectivity index (χ2v) is 6.95. The molecular formula is C12H10N2O4S3. The van der Waals surface area contributed by atoms with Crippen molar-refractivity contribution >= 4 is 45.3 Å². The standard InChI is InChI=1S/C12H10N2O4S3/c1-3-17-9(15)7(5-13)11-19-12(21-20-11)8(6-14)10(16)18-4-2/h3-4H2,1-2H3/b11-7-,12-8+. The van der Waals surface area contributed by atoms with Crippen molar-refractivity contribution in [1.82, 2.24) is 0 Å². The van der Waals surface area contributed by atoms with Gasteiger partial charge in [0.15, 0.2) is 11.1 Å². The first kappa shape index (κ1) is 17.5. The molecule has 6 nitrogen and oxygen atoms in total. The predicted molar refractivity (Wildman–Crippen MR) is 81.3 cm³/mol. The molecule has 1 aliphatic rings. The molecule has 1 aliphatic heterocycles. The van der Waals surface area contributed by atoms with E-state index in [1.54, 1.807) is 26.0 Å². The van der Waals surface area contributed by atoms with Gasteiger partial charge in [0.05, 0.1) is 21.7 Å². The fourth-order valence-corrected chi connectivity index (χ4v) is 5.45. The first-order valence-corrected chi connectivity index (χ1v) is 8.70. The Morgan fingerprint density at radius 1 is 0.952 bits per heavy atom. The molecule has 1 fully saturated rings. The van der Waals surface area contributed by atoms with E-state index in [-0.39, 0.29) is 24.4 Å². The Hall–Kier alpha value is -1.55. The van der Waals surface area contributed by atoms with E-state index in [1.165, 1.54) is 0 Å². The smallest absolute Gasteiger partial charge is 0.350 e. The van der Waals surface area contributed by atoms with Crippen molar-refractivity contribution in [2.75, 3.05) is 13.2 Å². The molecule has 0 bridgehead atoms. The van der Waals surface area contributed by atoms with E-state index >= 15 is 0 Å². The Morgan fingerprint density at radius 3 is 1.62 bits per heavy atom. The quantitative estimate of drug-likeness (QED) is 0.330. The molecule has 0 unspecified atom stereocenters. The van der Waals surface area contributed by atoms with Crippen LogP contribution in [0.25, 0.3) is 0 Å². The van der Waals surface area contributed by atoms with Crippen molar-refractivity contribution in [3.63, 3.8) is 0 Å². The van der Waals surface area contributed by atoms with Gasteiger partial charge < -0.3 is 9.47 Å². The summed E-state index contributed by atoms with van der Waals surface area (Å²) < 4.78 is 10.4. The summed E-state index contributed by atoms with van der Waals surface area (Å²) >= 11 is 1.02. The molecule has 0 aromatic rings. The fraction of sp³-hybridized carbons (Fsp3) is 0.333. The summed E-state index contributed by atoms with van der Waals surface area (Å²) in [4.78, 5) is 23.3. The van der Waals surface area contributed by atoms with Crippen LogP contribution in [-0.4, -0.2) is 25.2 Å². The lowest BCUT2D eigenvalue weighted by Crippen LogP contribution is -2.07. The predicted octanol–water partition coefficient (Wildman–Crippen LogP) is 2.71. The summed E-state index contributed by atoms with van der Waals surface area (Å²) in [7, 11) is 2.27. The van der Waals surface area contributed by atoms with Crippen molar-refractivity contribution < 1.29 is 19.1 Å². The van der Waals surface area contributed by atoms with E-state index in [2.05, 4.69) is 0 Å². The van der Waals surface area contributed by atoms with Crippen LogP contribution in [0.5, 0.6) is 0 Å². The monoisotopic (exact) mass is 342 g/mol. The fourth-order valence-electron chi connectivity index (χ4n) is 1.14. The molecule has 0 aromatic heterocycles. The number of esters is 2. The van der Waals surface area contributed by atoms with Crippen molar-refractivity contribution in [3.8, 4) is 12.1 Å². The molecule has 0 amide bonds. The lowest BCUT2D eigenvalue weighted by atomic mass is 10.3. The van der Waals surface area contributed by atoms with E-state index in [0.717, 1.165) is 33.3 Å². The van der Waals surface area contributed by atoms with E-state index < -0.39 is 11.9 Å². The molecule has 1 saturated heterocycles. The van der Waals surface area contributed by atoms with Crippen molar-refractivity contribution in [3.05, 3.63) is 19.6 Å². The molecule has 0 aliphatic carbocycles. The minimum absolute atomic E-state index is 0.129. The van der Waals surface area contributed by atoms with E-state index in [9.17, 15) is 9.59 Å². The highest BCUT2D eigenvalue weighted by molar-refractivity contribution is 8.86. The average Bonchev–Trinajstić information content (AvgIpc) is 2.90. The van der Waals surface area contributed by atoms with Gasteiger partial charge in [0.1, 0.15) is 12.1 Å². The maximum absolute atomic E-state index is 11.6. The summed E-state index contributed by atoms with van der Waals surface area (Å²) in [6.45, 7) is 3.60. The average molecular weight is 342 g/mol. The Labute approximate surface area is 133 Å². The first-order valence-electron chi connectivity index (χ1n) is 5.74. The van der Waals surface area contributed by atoms with Crippen LogP contribution in [0.2, 0.25) is 0 Å². The number of nitrogens with zero attached hydrogens (tertiary/aromatic N) is 2. The second-order valence-electron chi connectivity index (χ2n) is 3.26. The maximum atomic E-state index is 11.6. The molecule has 9 heteroatoms. The highest BCUT2D eigenvalue weighted by atomic mass is 33.1. The zero-order valence-corrected chi connectivity index (χ0v) is 13.6. The minimum Gasteiger partial charge on any atom is -0.462 e. The molecule has 0 radical (unpaired) electrons. The van der Waals surface area contributed by atoms with Crippen LogP contribution < -0.4 is 0 Å². The topological polar surface area (TPSA) is 100 Å². The molecule has 110 valence electrons. The van der Waals surface area contributed by atoms with Gasteiger partial charge in [-0.15, -0.1) is 0 Å². The number of hydrogen-bond donors (Lipinski definition) is 0. The summed E-state index contributed by atoms with van der Waals surface area (Å²) in [5.41, 5.74) is -0.258. The molecule has 1 heterocycles. The Kier molecular flexibility index (Phi) is 7.23. The van der Waals surface area contributed by atoms with Gasteiger partial charge in [-0.2, -0.15) is 10.5 Å². The molecular weight excluding hydrogens is 332 g/mol. The number of ether oxygens (including phenoxy) is 2. The third-order valence-corrected chi connectivity index (χ3v) is 6.43. The van der Waals surface area contributed by atoms with Gasteiger partial charge in [-0.05, 0) is 35.4 Å². The minimum atomic E-state index is -0.716. The normalized spacial score (nSPS) is 18.3. The van der Waals surface area contributed by atoms with Gasteiger partial charge in [0.25, 0.3) is 0 Å². The van der Waals surface area contributed by atoms with Gasteiger partial charge in [0.2, 0.25) is 0 Å². The van der Waals surface area contributed by atoms with Crippen LogP contribution in [0.3, 0.4) is 0 Å². The van der Waals surface area contributed by atoms with Gasteiger partial charge in [0, 0.05) is 0 Å². The number of rotatable bonds is 4. The van der Waals surface area contributed by atoms with Crippen LogP contribution in [0.1, 0.15) is 13.8 Å².